The quantitative estimate of drug-likeness (QED) is 0.714. The second kappa shape index (κ2) is 4.98. The van der Waals surface area contributed by atoms with Gasteiger partial charge in [-0.05, 0) is 25.7 Å². The van der Waals surface area contributed by atoms with Crippen molar-refractivity contribution in [2.75, 3.05) is 0 Å². The second-order valence-corrected chi connectivity index (χ2v) is 3.86. The predicted molar refractivity (Wildman–Crippen MR) is 51.8 cm³/mol. The molecule has 0 bridgehead atoms. The Bertz CT molecular complexity index is 227. The van der Waals surface area contributed by atoms with Crippen LogP contribution in [0, 0.1) is 5.92 Å². The highest BCUT2D eigenvalue weighted by molar-refractivity contribution is 5.76. The SMILES string of the molecule is CCCC(=O)NC1CCC(C(=O)O)C1. The van der Waals surface area contributed by atoms with Gasteiger partial charge in [-0.2, -0.15) is 0 Å². The molecule has 0 aliphatic heterocycles. The molecule has 4 heteroatoms. The van der Waals surface area contributed by atoms with Gasteiger partial charge < -0.3 is 10.4 Å². The summed E-state index contributed by atoms with van der Waals surface area (Å²) in [5.41, 5.74) is 0. The van der Waals surface area contributed by atoms with Gasteiger partial charge in [-0.1, -0.05) is 6.92 Å². The lowest BCUT2D eigenvalue weighted by molar-refractivity contribution is -0.141. The number of hydrogen-bond acceptors (Lipinski definition) is 2. The van der Waals surface area contributed by atoms with Crippen molar-refractivity contribution in [1.29, 1.82) is 0 Å². The Balaban J connectivity index is 2.28. The van der Waals surface area contributed by atoms with Crippen LogP contribution in [0.4, 0.5) is 0 Å². The third-order valence-corrected chi connectivity index (χ3v) is 2.62. The molecule has 0 radical (unpaired) electrons. The summed E-state index contributed by atoms with van der Waals surface area (Å²) >= 11 is 0. The Morgan fingerprint density at radius 1 is 1.43 bits per heavy atom. The fraction of sp³-hybridized carbons (Fsp3) is 0.800. The number of carboxylic acid groups (broad SMARTS) is 1. The fourth-order valence-electron chi connectivity index (χ4n) is 1.86. The fourth-order valence-corrected chi connectivity index (χ4v) is 1.86. The molecule has 2 unspecified atom stereocenters. The van der Waals surface area contributed by atoms with Crippen molar-refractivity contribution in [2.45, 2.75) is 45.1 Å². The molecule has 0 aromatic heterocycles. The maximum Gasteiger partial charge on any atom is 0.306 e. The van der Waals surface area contributed by atoms with Crippen LogP contribution in [0.15, 0.2) is 0 Å². The summed E-state index contributed by atoms with van der Waals surface area (Å²) in [5, 5.41) is 11.6. The lowest BCUT2D eigenvalue weighted by atomic mass is 10.1. The standard InChI is InChI=1S/C10H17NO3/c1-2-3-9(12)11-8-5-4-7(6-8)10(13)14/h7-8H,2-6H2,1H3,(H,11,12)(H,13,14). The molecule has 1 fully saturated rings. The van der Waals surface area contributed by atoms with Crippen LogP contribution in [0.3, 0.4) is 0 Å². The Morgan fingerprint density at radius 2 is 2.14 bits per heavy atom. The number of nitrogens with one attached hydrogen (secondary N) is 1. The van der Waals surface area contributed by atoms with E-state index in [-0.39, 0.29) is 17.9 Å². The Hall–Kier alpha value is -1.06. The van der Waals surface area contributed by atoms with Crippen molar-refractivity contribution in [3.05, 3.63) is 0 Å². The number of hydrogen-bond donors (Lipinski definition) is 2. The lowest BCUT2D eigenvalue weighted by Gasteiger charge is -2.11. The predicted octanol–water partition coefficient (Wildman–Crippen LogP) is 1.16. The molecule has 0 aromatic rings. The van der Waals surface area contributed by atoms with E-state index in [9.17, 15) is 9.59 Å². The van der Waals surface area contributed by atoms with Crippen LogP contribution in [-0.4, -0.2) is 23.0 Å². The van der Waals surface area contributed by atoms with Crippen molar-refractivity contribution in [3.8, 4) is 0 Å². The molecule has 0 spiro atoms. The monoisotopic (exact) mass is 199 g/mol. The zero-order chi connectivity index (χ0) is 10.6. The first kappa shape index (κ1) is 11.0. The van der Waals surface area contributed by atoms with Gasteiger partial charge in [0.05, 0.1) is 5.92 Å². The van der Waals surface area contributed by atoms with Crippen LogP contribution < -0.4 is 5.32 Å². The second-order valence-electron chi connectivity index (χ2n) is 3.86. The summed E-state index contributed by atoms with van der Waals surface area (Å²) < 4.78 is 0. The first-order valence-corrected chi connectivity index (χ1v) is 5.15. The van der Waals surface area contributed by atoms with Crippen molar-refractivity contribution in [1.82, 2.24) is 5.32 Å². The average Bonchev–Trinajstić information content (AvgIpc) is 2.53. The van der Waals surface area contributed by atoms with Gasteiger partial charge in [0.15, 0.2) is 0 Å². The van der Waals surface area contributed by atoms with Crippen molar-refractivity contribution < 1.29 is 14.7 Å². The molecular weight excluding hydrogens is 182 g/mol. The average molecular weight is 199 g/mol. The topological polar surface area (TPSA) is 66.4 Å². The minimum absolute atomic E-state index is 0.0449. The first-order chi connectivity index (χ1) is 6.63. The summed E-state index contributed by atoms with van der Waals surface area (Å²) in [4.78, 5) is 21.9. The minimum Gasteiger partial charge on any atom is -0.481 e. The molecule has 1 rings (SSSR count). The maximum atomic E-state index is 11.2. The number of rotatable bonds is 4. The summed E-state index contributed by atoms with van der Waals surface area (Å²) in [7, 11) is 0. The third kappa shape index (κ3) is 3.01. The molecule has 2 N–H and O–H groups in total. The van der Waals surface area contributed by atoms with Crippen LogP contribution in [0.5, 0.6) is 0 Å². The molecule has 80 valence electrons. The molecule has 1 amide bonds. The molecule has 14 heavy (non-hydrogen) atoms. The van der Waals surface area contributed by atoms with Gasteiger partial charge in [-0.15, -0.1) is 0 Å². The van der Waals surface area contributed by atoms with Crippen molar-refractivity contribution in [2.24, 2.45) is 5.92 Å². The molecule has 0 aromatic carbocycles. The Kier molecular flexibility index (Phi) is 3.92. The zero-order valence-electron chi connectivity index (χ0n) is 8.45. The van der Waals surface area contributed by atoms with Crippen molar-refractivity contribution >= 4 is 11.9 Å². The molecule has 4 nitrogen and oxygen atoms in total. The molecule has 0 heterocycles. The van der Waals surface area contributed by atoms with Gasteiger partial charge in [-0.25, -0.2) is 0 Å². The van der Waals surface area contributed by atoms with E-state index in [0.717, 1.165) is 12.8 Å². The van der Waals surface area contributed by atoms with Crippen molar-refractivity contribution in [3.63, 3.8) is 0 Å². The van der Waals surface area contributed by atoms with E-state index < -0.39 is 5.97 Å². The number of carboxylic acids is 1. The molecule has 0 saturated heterocycles. The summed E-state index contributed by atoms with van der Waals surface area (Å²) in [6.45, 7) is 1.95. The van der Waals surface area contributed by atoms with E-state index in [1.54, 1.807) is 0 Å². The molecule has 1 aliphatic rings. The largest absolute Gasteiger partial charge is 0.481 e. The molecular formula is C10H17NO3. The van der Waals surface area contributed by atoms with Gasteiger partial charge in [-0.3, -0.25) is 9.59 Å². The highest BCUT2D eigenvalue weighted by Gasteiger charge is 2.30. The van der Waals surface area contributed by atoms with Crippen LogP contribution in [0.1, 0.15) is 39.0 Å². The van der Waals surface area contributed by atoms with Gasteiger partial charge in [0.1, 0.15) is 0 Å². The number of carbonyl (C=O) groups excluding carboxylic acids is 1. The van der Waals surface area contributed by atoms with Gasteiger partial charge in [0, 0.05) is 12.5 Å². The zero-order valence-corrected chi connectivity index (χ0v) is 8.45. The third-order valence-electron chi connectivity index (χ3n) is 2.62. The van der Waals surface area contributed by atoms with Gasteiger partial charge in [0.2, 0.25) is 5.91 Å². The Labute approximate surface area is 83.7 Å². The van der Waals surface area contributed by atoms with E-state index in [2.05, 4.69) is 5.32 Å². The highest BCUT2D eigenvalue weighted by atomic mass is 16.4. The maximum absolute atomic E-state index is 11.2. The highest BCUT2D eigenvalue weighted by Crippen LogP contribution is 2.25. The number of aliphatic carboxylic acids is 1. The van der Waals surface area contributed by atoms with Gasteiger partial charge >= 0.3 is 5.97 Å². The first-order valence-electron chi connectivity index (χ1n) is 5.15. The van der Waals surface area contributed by atoms with E-state index in [4.69, 9.17) is 5.11 Å². The summed E-state index contributed by atoms with van der Waals surface area (Å²) in [6, 6.07) is 0.0788. The van der Waals surface area contributed by atoms with Crippen LogP contribution in [0.2, 0.25) is 0 Å². The number of amides is 1. The molecule has 1 saturated carbocycles. The Morgan fingerprint density at radius 3 is 2.64 bits per heavy atom. The van der Waals surface area contributed by atoms with E-state index in [1.807, 2.05) is 6.92 Å². The number of carbonyl (C=O) groups is 2. The van der Waals surface area contributed by atoms with E-state index in [1.165, 1.54) is 0 Å². The van der Waals surface area contributed by atoms with E-state index >= 15 is 0 Å². The van der Waals surface area contributed by atoms with Crippen LogP contribution >= 0.6 is 0 Å². The lowest BCUT2D eigenvalue weighted by Crippen LogP contribution is -2.33. The van der Waals surface area contributed by atoms with Crippen LogP contribution in [0.25, 0.3) is 0 Å². The minimum atomic E-state index is -0.739. The smallest absolute Gasteiger partial charge is 0.306 e. The van der Waals surface area contributed by atoms with Crippen LogP contribution in [-0.2, 0) is 9.59 Å². The summed E-state index contributed by atoms with van der Waals surface area (Å²) in [5.74, 6) is -0.956. The molecule has 1 aliphatic carbocycles. The summed E-state index contributed by atoms with van der Waals surface area (Å²) in [6.07, 6.45) is 3.44. The molecule has 2 atom stereocenters. The van der Waals surface area contributed by atoms with E-state index in [0.29, 0.717) is 19.3 Å². The van der Waals surface area contributed by atoms with Gasteiger partial charge in [0.25, 0.3) is 0 Å². The normalized spacial score (nSPS) is 26.1.